The van der Waals surface area contributed by atoms with Gasteiger partial charge in [-0.05, 0) is 38.0 Å². The summed E-state index contributed by atoms with van der Waals surface area (Å²) in [6.45, 7) is 3.98. The second-order valence-electron chi connectivity index (χ2n) is 5.27. The smallest absolute Gasteiger partial charge is 0.225 e. The molecule has 1 aromatic heterocycles. The maximum Gasteiger partial charge on any atom is 0.225 e. The van der Waals surface area contributed by atoms with Crippen LogP contribution < -0.4 is 10.1 Å². The van der Waals surface area contributed by atoms with Crippen LogP contribution in [0.25, 0.3) is 0 Å². The first-order chi connectivity index (χ1) is 10.5. The monoisotopic (exact) mass is 305 g/mol. The van der Waals surface area contributed by atoms with Crippen LogP contribution in [0.5, 0.6) is 5.75 Å². The van der Waals surface area contributed by atoms with Gasteiger partial charge in [0.25, 0.3) is 0 Å². The molecule has 5 nitrogen and oxygen atoms in total. The molecule has 0 bridgehead atoms. The van der Waals surface area contributed by atoms with Gasteiger partial charge >= 0.3 is 0 Å². The molecular weight excluding hydrogens is 285 g/mol. The lowest BCUT2D eigenvalue weighted by molar-refractivity contribution is -0.116. The van der Waals surface area contributed by atoms with E-state index in [0.717, 1.165) is 5.56 Å². The van der Waals surface area contributed by atoms with Crippen molar-refractivity contribution in [2.75, 3.05) is 12.4 Å². The summed E-state index contributed by atoms with van der Waals surface area (Å²) >= 11 is 0. The summed E-state index contributed by atoms with van der Waals surface area (Å²) in [5.41, 5.74) is 0.755. The Bertz CT molecular complexity index is 653. The summed E-state index contributed by atoms with van der Waals surface area (Å²) in [5.74, 6) is 0.326. The number of carbonyl (C=O) groups is 1. The van der Waals surface area contributed by atoms with E-state index in [-0.39, 0.29) is 24.1 Å². The maximum absolute atomic E-state index is 13.6. The van der Waals surface area contributed by atoms with E-state index < -0.39 is 5.82 Å². The second kappa shape index (κ2) is 7.06. The number of methoxy groups -OCH3 is 1. The van der Waals surface area contributed by atoms with Crippen LogP contribution in [-0.4, -0.2) is 22.8 Å². The van der Waals surface area contributed by atoms with Gasteiger partial charge in [-0.15, -0.1) is 0 Å². The number of anilines is 1. The highest BCUT2D eigenvalue weighted by Gasteiger charge is 2.10. The average molecular weight is 305 g/mol. The van der Waals surface area contributed by atoms with Gasteiger partial charge in [0, 0.05) is 18.5 Å². The Kier molecular flexibility index (Phi) is 5.14. The molecule has 0 radical (unpaired) electrons. The Hall–Kier alpha value is -2.37. The zero-order valence-electron chi connectivity index (χ0n) is 13.0. The number of hydrogen-bond donors (Lipinski definition) is 1. The van der Waals surface area contributed by atoms with Gasteiger partial charge in [-0.25, -0.2) is 9.07 Å². The second-order valence-corrected chi connectivity index (χ2v) is 5.27. The molecule has 0 aliphatic carbocycles. The Morgan fingerprint density at radius 1 is 1.41 bits per heavy atom. The van der Waals surface area contributed by atoms with Crippen LogP contribution in [0.1, 0.15) is 31.9 Å². The standard InChI is InChI=1S/C16H20FN3O2/c1-11(2)20-15(8-9-18-20)19-16(21)7-5-12-4-6-14(22-3)13(17)10-12/h4,6,8-11H,5,7H2,1-3H3,(H,19,21). The van der Waals surface area contributed by atoms with Gasteiger partial charge in [0.2, 0.25) is 5.91 Å². The molecule has 1 aromatic carbocycles. The van der Waals surface area contributed by atoms with Crippen LogP contribution >= 0.6 is 0 Å². The van der Waals surface area contributed by atoms with Crippen molar-refractivity contribution in [1.82, 2.24) is 9.78 Å². The highest BCUT2D eigenvalue weighted by Crippen LogP contribution is 2.19. The first kappa shape index (κ1) is 16.0. The molecule has 22 heavy (non-hydrogen) atoms. The zero-order valence-corrected chi connectivity index (χ0v) is 13.0. The number of aryl methyl sites for hydroxylation is 1. The van der Waals surface area contributed by atoms with E-state index in [0.29, 0.717) is 12.2 Å². The van der Waals surface area contributed by atoms with Crippen molar-refractivity contribution in [3.63, 3.8) is 0 Å². The van der Waals surface area contributed by atoms with Gasteiger partial charge in [0.05, 0.1) is 13.3 Å². The van der Waals surface area contributed by atoms with E-state index in [9.17, 15) is 9.18 Å². The van der Waals surface area contributed by atoms with E-state index in [4.69, 9.17) is 4.74 Å². The zero-order chi connectivity index (χ0) is 16.1. The van der Waals surface area contributed by atoms with Gasteiger partial charge in [0.1, 0.15) is 5.82 Å². The summed E-state index contributed by atoms with van der Waals surface area (Å²) < 4.78 is 20.2. The number of hydrogen-bond acceptors (Lipinski definition) is 3. The number of benzene rings is 1. The van der Waals surface area contributed by atoms with Gasteiger partial charge in [-0.1, -0.05) is 6.07 Å². The van der Waals surface area contributed by atoms with E-state index in [1.165, 1.54) is 13.2 Å². The lowest BCUT2D eigenvalue weighted by atomic mass is 10.1. The third-order valence-electron chi connectivity index (χ3n) is 3.28. The third-order valence-corrected chi connectivity index (χ3v) is 3.28. The fourth-order valence-electron chi connectivity index (χ4n) is 2.15. The molecule has 0 spiro atoms. The molecule has 0 saturated carbocycles. The number of aromatic nitrogens is 2. The molecule has 1 N–H and O–H groups in total. The molecule has 0 aliphatic heterocycles. The van der Waals surface area contributed by atoms with Crippen LogP contribution in [0.15, 0.2) is 30.5 Å². The lowest BCUT2D eigenvalue weighted by Gasteiger charge is -2.11. The summed E-state index contributed by atoms with van der Waals surface area (Å²) in [6, 6.07) is 6.64. The number of carbonyl (C=O) groups excluding carboxylic acids is 1. The average Bonchev–Trinajstić information content (AvgIpc) is 2.93. The summed E-state index contributed by atoms with van der Waals surface area (Å²) in [4.78, 5) is 12.0. The van der Waals surface area contributed by atoms with Crippen molar-refractivity contribution in [2.24, 2.45) is 0 Å². The minimum atomic E-state index is -0.418. The van der Waals surface area contributed by atoms with Crippen molar-refractivity contribution in [1.29, 1.82) is 0 Å². The number of nitrogens with one attached hydrogen (secondary N) is 1. The Morgan fingerprint density at radius 2 is 2.18 bits per heavy atom. The SMILES string of the molecule is COc1ccc(CCC(=O)Nc2ccnn2C(C)C)cc1F. The van der Waals surface area contributed by atoms with Crippen LogP contribution in [-0.2, 0) is 11.2 Å². The lowest BCUT2D eigenvalue weighted by Crippen LogP contribution is -2.17. The minimum Gasteiger partial charge on any atom is -0.494 e. The quantitative estimate of drug-likeness (QED) is 0.891. The van der Waals surface area contributed by atoms with E-state index >= 15 is 0 Å². The topological polar surface area (TPSA) is 56.1 Å². The van der Waals surface area contributed by atoms with E-state index in [1.54, 1.807) is 29.1 Å². The van der Waals surface area contributed by atoms with Crippen LogP contribution in [0.2, 0.25) is 0 Å². The van der Waals surface area contributed by atoms with Gasteiger partial charge in [-0.2, -0.15) is 5.10 Å². The van der Waals surface area contributed by atoms with Crippen LogP contribution in [0.3, 0.4) is 0 Å². The number of amides is 1. The van der Waals surface area contributed by atoms with Gasteiger partial charge < -0.3 is 10.1 Å². The first-order valence-corrected chi connectivity index (χ1v) is 7.17. The molecule has 6 heteroatoms. The minimum absolute atomic E-state index is 0.126. The first-order valence-electron chi connectivity index (χ1n) is 7.17. The molecule has 1 heterocycles. The molecule has 0 atom stereocenters. The van der Waals surface area contributed by atoms with Crippen molar-refractivity contribution < 1.29 is 13.9 Å². The summed E-state index contributed by atoms with van der Waals surface area (Å²) in [5, 5.41) is 6.98. The molecule has 118 valence electrons. The molecule has 0 fully saturated rings. The summed E-state index contributed by atoms with van der Waals surface area (Å²) in [6.07, 6.45) is 2.38. The predicted molar refractivity (Wildman–Crippen MR) is 82.5 cm³/mol. The Balaban J connectivity index is 1.93. The normalized spacial score (nSPS) is 10.8. The van der Waals surface area contributed by atoms with Gasteiger partial charge in [-0.3, -0.25) is 4.79 Å². The summed E-state index contributed by atoms with van der Waals surface area (Å²) in [7, 11) is 1.42. The fourth-order valence-corrected chi connectivity index (χ4v) is 2.15. The molecule has 2 rings (SSSR count). The van der Waals surface area contributed by atoms with Crippen molar-refractivity contribution in [2.45, 2.75) is 32.7 Å². The van der Waals surface area contributed by atoms with Crippen molar-refractivity contribution >= 4 is 11.7 Å². The molecule has 0 aliphatic rings. The largest absolute Gasteiger partial charge is 0.494 e. The highest BCUT2D eigenvalue weighted by atomic mass is 19.1. The molecule has 0 unspecified atom stereocenters. The Labute approximate surface area is 129 Å². The number of halogens is 1. The van der Waals surface area contributed by atoms with E-state index in [2.05, 4.69) is 10.4 Å². The molecule has 0 saturated heterocycles. The van der Waals surface area contributed by atoms with Crippen LogP contribution in [0.4, 0.5) is 10.2 Å². The number of nitrogens with zero attached hydrogens (tertiary/aromatic N) is 2. The number of rotatable bonds is 6. The Morgan fingerprint density at radius 3 is 2.82 bits per heavy atom. The van der Waals surface area contributed by atoms with Crippen molar-refractivity contribution in [3.8, 4) is 5.75 Å². The van der Waals surface area contributed by atoms with Crippen LogP contribution in [0, 0.1) is 5.82 Å². The molecule has 1 amide bonds. The fraction of sp³-hybridized carbons (Fsp3) is 0.375. The van der Waals surface area contributed by atoms with Crippen molar-refractivity contribution in [3.05, 3.63) is 41.8 Å². The number of ether oxygens (including phenoxy) is 1. The van der Waals surface area contributed by atoms with E-state index in [1.807, 2.05) is 13.8 Å². The highest BCUT2D eigenvalue weighted by molar-refractivity contribution is 5.89. The molecular formula is C16H20FN3O2. The van der Waals surface area contributed by atoms with Gasteiger partial charge in [0.15, 0.2) is 11.6 Å². The maximum atomic E-state index is 13.6. The predicted octanol–water partition coefficient (Wildman–Crippen LogP) is 3.18. The molecule has 2 aromatic rings. The third kappa shape index (κ3) is 3.84.